The lowest BCUT2D eigenvalue weighted by molar-refractivity contribution is -0.121. The number of aryl methyl sites for hydroxylation is 1. The molecule has 1 unspecified atom stereocenters. The van der Waals surface area contributed by atoms with Crippen molar-refractivity contribution in [2.75, 3.05) is 10.2 Å². The van der Waals surface area contributed by atoms with Crippen molar-refractivity contribution in [1.29, 1.82) is 0 Å². The molecular weight excluding hydrogens is 312 g/mol. The van der Waals surface area contributed by atoms with E-state index in [9.17, 15) is 9.59 Å². The summed E-state index contributed by atoms with van der Waals surface area (Å²) < 4.78 is 0. The number of carbonyl (C=O) groups is 2. The van der Waals surface area contributed by atoms with E-state index in [1.54, 1.807) is 12.1 Å². The second-order valence-electron chi connectivity index (χ2n) is 5.47. The largest absolute Gasteiger partial charge is 0.372 e. The molecule has 3 rings (SSSR count). The van der Waals surface area contributed by atoms with Gasteiger partial charge in [-0.15, -0.1) is 0 Å². The molecule has 0 aromatic heterocycles. The molecule has 1 aliphatic heterocycles. The summed E-state index contributed by atoms with van der Waals surface area (Å²) in [6.45, 7) is 2.06. The van der Waals surface area contributed by atoms with Crippen LogP contribution in [0.3, 0.4) is 0 Å². The Balaban J connectivity index is 1.80. The highest BCUT2D eigenvalue weighted by Gasteiger charge is 2.39. The van der Waals surface area contributed by atoms with Crippen molar-refractivity contribution in [2.45, 2.75) is 25.8 Å². The third kappa shape index (κ3) is 3.08. The molecule has 0 saturated carbocycles. The molecule has 118 valence electrons. The summed E-state index contributed by atoms with van der Waals surface area (Å²) in [6, 6.07) is 14.1. The van der Waals surface area contributed by atoms with Gasteiger partial charge in [-0.3, -0.25) is 9.59 Å². The maximum absolute atomic E-state index is 12.6. The minimum Gasteiger partial charge on any atom is -0.372 e. The molecule has 1 atom stereocenters. The Morgan fingerprint density at radius 1 is 1.13 bits per heavy atom. The number of anilines is 2. The van der Waals surface area contributed by atoms with Crippen LogP contribution in [0.25, 0.3) is 0 Å². The van der Waals surface area contributed by atoms with E-state index in [-0.39, 0.29) is 18.2 Å². The first-order valence-corrected chi connectivity index (χ1v) is 7.94. The van der Waals surface area contributed by atoms with Gasteiger partial charge in [0.1, 0.15) is 6.04 Å². The number of imide groups is 1. The van der Waals surface area contributed by atoms with Gasteiger partial charge >= 0.3 is 0 Å². The molecule has 0 aliphatic carbocycles. The van der Waals surface area contributed by atoms with Gasteiger partial charge in [0.15, 0.2) is 0 Å². The highest BCUT2D eigenvalue weighted by Crippen LogP contribution is 2.28. The van der Waals surface area contributed by atoms with Crippen molar-refractivity contribution in [3.63, 3.8) is 0 Å². The van der Waals surface area contributed by atoms with Gasteiger partial charge in [-0.25, -0.2) is 4.90 Å². The maximum atomic E-state index is 12.6. The zero-order chi connectivity index (χ0) is 16.4. The number of nitrogens with one attached hydrogen (secondary N) is 1. The van der Waals surface area contributed by atoms with Crippen LogP contribution in [0, 0.1) is 0 Å². The Bertz CT molecular complexity index is 743. The van der Waals surface area contributed by atoms with Crippen LogP contribution < -0.4 is 10.2 Å². The standard InChI is InChI=1S/C18H17ClN2O2/c1-2-12-7-9-13(10-8-12)21-17(22)11-16(18(21)23)20-15-6-4-3-5-14(15)19/h3-10,16,20H,2,11H2,1H3. The Morgan fingerprint density at radius 2 is 1.83 bits per heavy atom. The molecule has 1 aliphatic rings. The lowest BCUT2D eigenvalue weighted by Crippen LogP contribution is -2.34. The van der Waals surface area contributed by atoms with Crippen molar-refractivity contribution < 1.29 is 9.59 Å². The maximum Gasteiger partial charge on any atom is 0.256 e. The number of nitrogens with zero attached hydrogens (tertiary/aromatic N) is 1. The first-order valence-electron chi connectivity index (χ1n) is 7.57. The zero-order valence-electron chi connectivity index (χ0n) is 12.8. The number of hydrogen-bond donors (Lipinski definition) is 1. The summed E-state index contributed by atoms with van der Waals surface area (Å²) in [5.41, 5.74) is 2.43. The minimum absolute atomic E-state index is 0.125. The Labute approximate surface area is 140 Å². The molecule has 2 aromatic carbocycles. The van der Waals surface area contributed by atoms with Crippen LogP contribution in [0.1, 0.15) is 18.9 Å². The predicted molar refractivity (Wildman–Crippen MR) is 91.8 cm³/mol. The minimum atomic E-state index is -0.590. The summed E-state index contributed by atoms with van der Waals surface area (Å²) in [4.78, 5) is 26.1. The summed E-state index contributed by atoms with van der Waals surface area (Å²) in [5.74, 6) is -0.456. The van der Waals surface area contributed by atoms with Crippen LogP contribution in [0.15, 0.2) is 48.5 Å². The average molecular weight is 329 g/mol. The lowest BCUT2D eigenvalue weighted by Gasteiger charge is -2.17. The summed E-state index contributed by atoms with van der Waals surface area (Å²) >= 11 is 6.10. The number of carbonyl (C=O) groups excluding carboxylic acids is 2. The molecule has 1 heterocycles. The molecule has 2 aromatic rings. The first kappa shape index (κ1) is 15.6. The fourth-order valence-electron chi connectivity index (χ4n) is 2.66. The molecule has 1 fully saturated rings. The number of rotatable bonds is 4. The van der Waals surface area contributed by atoms with Crippen LogP contribution in [-0.2, 0) is 16.0 Å². The highest BCUT2D eigenvalue weighted by molar-refractivity contribution is 6.33. The molecule has 23 heavy (non-hydrogen) atoms. The van der Waals surface area contributed by atoms with Crippen LogP contribution in [0.5, 0.6) is 0 Å². The number of halogens is 1. The number of hydrogen-bond acceptors (Lipinski definition) is 3. The van der Waals surface area contributed by atoms with E-state index in [2.05, 4.69) is 12.2 Å². The highest BCUT2D eigenvalue weighted by atomic mass is 35.5. The quantitative estimate of drug-likeness (QED) is 0.872. The van der Waals surface area contributed by atoms with Gasteiger partial charge in [0, 0.05) is 0 Å². The van der Waals surface area contributed by atoms with E-state index < -0.39 is 6.04 Å². The zero-order valence-corrected chi connectivity index (χ0v) is 13.5. The third-order valence-corrected chi connectivity index (χ3v) is 4.28. The van der Waals surface area contributed by atoms with Gasteiger partial charge in [-0.2, -0.15) is 0 Å². The van der Waals surface area contributed by atoms with Gasteiger partial charge in [0.2, 0.25) is 5.91 Å². The van der Waals surface area contributed by atoms with E-state index in [0.717, 1.165) is 6.42 Å². The molecule has 1 saturated heterocycles. The van der Waals surface area contributed by atoms with Crippen LogP contribution in [0.4, 0.5) is 11.4 Å². The molecular formula is C18H17ClN2O2. The van der Waals surface area contributed by atoms with E-state index in [4.69, 9.17) is 11.6 Å². The Morgan fingerprint density at radius 3 is 2.48 bits per heavy atom. The van der Waals surface area contributed by atoms with Crippen molar-refractivity contribution in [1.82, 2.24) is 0 Å². The van der Waals surface area contributed by atoms with Gasteiger partial charge in [-0.05, 0) is 36.2 Å². The fourth-order valence-corrected chi connectivity index (χ4v) is 2.85. The van der Waals surface area contributed by atoms with Crippen LogP contribution in [0.2, 0.25) is 5.02 Å². The molecule has 2 amide bonds. The smallest absolute Gasteiger partial charge is 0.256 e. The Kier molecular flexibility index (Phi) is 4.35. The first-order chi connectivity index (χ1) is 11.1. The van der Waals surface area contributed by atoms with Crippen molar-refractivity contribution in [3.05, 3.63) is 59.1 Å². The molecule has 0 bridgehead atoms. The summed E-state index contributed by atoms with van der Waals surface area (Å²) in [7, 11) is 0. The lowest BCUT2D eigenvalue weighted by atomic mass is 10.1. The molecule has 1 N–H and O–H groups in total. The van der Waals surface area contributed by atoms with Gasteiger partial charge in [0.25, 0.3) is 5.91 Å². The average Bonchev–Trinajstić information content (AvgIpc) is 2.84. The third-order valence-electron chi connectivity index (χ3n) is 3.95. The van der Waals surface area contributed by atoms with Gasteiger partial charge < -0.3 is 5.32 Å². The van der Waals surface area contributed by atoms with E-state index in [1.165, 1.54) is 10.5 Å². The SMILES string of the molecule is CCc1ccc(N2C(=O)CC(Nc3ccccc3Cl)C2=O)cc1. The topological polar surface area (TPSA) is 49.4 Å². The van der Waals surface area contributed by atoms with Crippen molar-refractivity contribution in [3.8, 4) is 0 Å². The van der Waals surface area contributed by atoms with Gasteiger partial charge in [-0.1, -0.05) is 42.8 Å². The van der Waals surface area contributed by atoms with Gasteiger partial charge in [0.05, 0.1) is 22.8 Å². The normalized spacial score (nSPS) is 17.7. The predicted octanol–water partition coefficient (Wildman–Crippen LogP) is 3.65. The summed E-state index contributed by atoms with van der Waals surface area (Å²) in [6.07, 6.45) is 1.04. The van der Waals surface area contributed by atoms with Crippen LogP contribution in [-0.4, -0.2) is 17.9 Å². The molecule has 4 nitrogen and oxygen atoms in total. The fraction of sp³-hybridized carbons (Fsp3) is 0.222. The summed E-state index contributed by atoms with van der Waals surface area (Å²) in [5, 5.41) is 3.59. The number of para-hydroxylation sites is 1. The van der Waals surface area contributed by atoms with E-state index in [1.807, 2.05) is 36.4 Å². The van der Waals surface area contributed by atoms with Crippen molar-refractivity contribution in [2.24, 2.45) is 0 Å². The molecule has 5 heteroatoms. The Hall–Kier alpha value is -2.33. The second kappa shape index (κ2) is 6.42. The molecule has 0 radical (unpaired) electrons. The number of amides is 2. The second-order valence-corrected chi connectivity index (χ2v) is 5.88. The number of benzene rings is 2. The van der Waals surface area contributed by atoms with E-state index >= 15 is 0 Å². The van der Waals surface area contributed by atoms with Crippen LogP contribution >= 0.6 is 11.6 Å². The molecule has 0 spiro atoms. The monoisotopic (exact) mass is 328 g/mol. The van der Waals surface area contributed by atoms with E-state index in [0.29, 0.717) is 16.4 Å². The van der Waals surface area contributed by atoms with Crippen molar-refractivity contribution >= 4 is 34.8 Å².